The maximum absolute atomic E-state index is 12.4. The Morgan fingerprint density at radius 3 is 2.86 bits per heavy atom. The van der Waals surface area contributed by atoms with Gasteiger partial charge in [0.1, 0.15) is 11.0 Å². The van der Waals surface area contributed by atoms with E-state index in [9.17, 15) is 4.79 Å². The van der Waals surface area contributed by atoms with E-state index in [1.807, 2.05) is 17.5 Å². The van der Waals surface area contributed by atoms with Crippen molar-refractivity contribution in [2.45, 2.75) is 25.6 Å². The van der Waals surface area contributed by atoms with Crippen LogP contribution in [0.2, 0.25) is 0 Å². The summed E-state index contributed by atoms with van der Waals surface area (Å²) in [6, 6.07) is 8.53. The third-order valence-electron chi connectivity index (χ3n) is 4.08. The van der Waals surface area contributed by atoms with Gasteiger partial charge in [-0.2, -0.15) is 0 Å². The molecule has 4 heterocycles. The highest BCUT2D eigenvalue weighted by Crippen LogP contribution is 2.23. The Bertz CT molecular complexity index is 790. The van der Waals surface area contributed by atoms with Gasteiger partial charge in [-0.25, -0.2) is 4.79 Å². The van der Waals surface area contributed by atoms with E-state index in [1.54, 1.807) is 11.3 Å². The maximum Gasteiger partial charge on any atom is 0.374 e. The molecule has 3 aromatic heterocycles. The Morgan fingerprint density at radius 1 is 1.23 bits per heavy atom. The highest BCUT2D eigenvalue weighted by molar-refractivity contribution is 7.12. The average molecular weight is 334 g/mol. The van der Waals surface area contributed by atoms with Gasteiger partial charge in [0.2, 0.25) is 0 Å². The molecule has 8 heteroatoms. The second kappa shape index (κ2) is 5.79. The second-order valence-electron chi connectivity index (χ2n) is 5.40. The van der Waals surface area contributed by atoms with Crippen LogP contribution < -0.4 is 10.6 Å². The summed E-state index contributed by atoms with van der Waals surface area (Å²) < 4.78 is 2.86. The fraction of sp³-hybridized carbons (Fsp3) is 0.357. The van der Waals surface area contributed by atoms with Crippen LogP contribution in [-0.2, 0) is 6.67 Å². The van der Waals surface area contributed by atoms with Crippen LogP contribution in [0.15, 0.2) is 39.8 Å². The van der Waals surface area contributed by atoms with Crippen molar-refractivity contribution in [2.24, 2.45) is 0 Å². The Labute approximate surface area is 135 Å². The molecule has 1 unspecified atom stereocenters. The molecular weight excluding hydrogens is 318 g/mol. The number of nitrogens with zero attached hydrogens (tertiary/aromatic N) is 4. The number of aromatic nitrogens is 4. The molecule has 1 saturated heterocycles. The molecule has 6 nitrogen and oxygen atoms in total. The maximum atomic E-state index is 12.4. The summed E-state index contributed by atoms with van der Waals surface area (Å²) in [5.74, 6) is 0. The number of hydrogen-bond acceptors (Lipinski definition) is 5. The summed E-state index contributed by atoms with van der Waals surface area (Å²) in [6.45, 7) is 1.65. The van der Waals surface area contributed by atoms with Crippen LogP contribution >= 0.6 is 22.7 Å². The van der Waals surface area contributed by atoms with Gasteiger partial charge < -0.3 is 4.90 Å². The number of nitrogens with one attached hydrogen (secondary N) is 1. The topological polar surface area (TPSA) is 57.1 Å². The Kier molecular flexibility index (Phi) is 3.65. The van der Waals surface area contributed by atoms with E-state index in [1.165, 1.54) is 43.3 Å². The minimum absolute atomic E-state index is 0.160. The summed E-state index contributed by atoms with van der Waals surface area (Å²) in [4.78, 5) is 15.2. The summed E-state index contributed by atoms with van der Waals surface area (Å²) >= 11 is 3.28. The molecule has 3 aromatic rings. The van der Waals surface area contributed by atoms with E-state index in [0.717, 1.165) is 11.5 Å². The molecular formula is C14H16N5OS2+. The van der Waals surface area contributed by atoms with E-state index in [-0.39, 0.29) is 5.69 Å². The largest absolute Gasteiger partial charge is 0.374 e. The van der Waals surface area contributed by atoms with E-state index in [2.05, 4.69) is 27.9 Å². The summed E-state index contributed by atoms with van der Waals surface area (Å²) in [7, 11) is 0. The van der Waals surface area contributed by atoms with Crippen molar-refractivity contribution in [3.63, 3.8) is 0 Å². The lowest BCUT2D eigenvalue weighted by Gasteiger charge is -2.19. The molecule has 0 spiro atoms. The summed E-state index contributed by atoms with van der Waals surface area (Å²) in [5, 5.41) is 12.9. The molecule has 1 aliphatic rings. The van der Waals surface area contributed by atoms with Crippen LogP contribution in [-0.4, -0.2) is 26.3 Å². The molecule has 0 saturated carbocycles. The van der Waals surface area contributed by atoms with Crippen LogP contribution in [0.5, 0.6) is 0 Å². The first-order valence-electron chi connectivity index (χ1n) is 7.27. The van der Waals surface area contributed by atoms with Gasteiger partial charge in [0.15, 0.2) is 6.67 Å². The number of likely N-dealkylation sites (tertiary alicyclic amines) is 1. The second-order valence-corrected chi connectivity index (χ2v) is 7.31. The van der Waals surface area contributed by atoms with Crippen molar-refractivity contribution in [1.29, 1.82) is 0 Å². The minimum atomic E-state index is -0.160. The van der Waals surface area contributed by atoms with Crippen LogP contribution in [0, 0.1) is 0 Å². The van der Waals surface area contributed by atoms with Crippen molar-refractivity contribution in [3.05, 3.63) is 50.4 Å². The van der Waals surface area contributed by atoms with E-state index in [4.69, 9.17) is 0 Å². The minimum Gasteiger partial charge on any atom is -0.309 e. The first-order valence-corrected chi connectivity index (χ1v) is 9.03. The molecule has 22 heavy (non-hydrogen) atoms. The van der Waals surface area contributed by atoms with Crippen molar-refractivity contribution in [3.8, 4) is 5.00 Å². The fourth-order valence-electron chi connectivity index (χ4n) is 3.03. The zero-order chi connectivity index (χ0) is 14.9. The van der Waals surface area contributed by atoms with Crippen molar-refractivity contribution in [2.75, 3.05) is 6.54 Å². The quantitative estimate of drug-likeness (QED) is 0.772. The SMILES string of the molecule is O=c1n(C[NH+]2CCC[C@H]2c2cccs2)nnn1-c1cccs1. The number of quaternary nitrogens is 1. The van der Waals surface area contributed by atoms with Gasteiger partial charge in [-0.15, -0.1) is 32.0 Å². The van der Waals surface area contributed by atoms with Gasteiger partial charge in [0, 0.05) is 12.8 Å². The lowest BCUT2D eigenvalue weighted by Crippen LogP contribution is -3.09. The van der Waals surface area contributed by atoms with E-state index < -0.39 is 0 Å². The predicted octanol–water partition coefficient (Wildman–Crippen LogP) is 0.929. The smallest absolute Gasteiger partial charge is 0.309 e. The fourth-order valence-corrected chi connectivity index (χ4v) is 4.62. The number of tetrazole rings is 1. The number of rotatable bonds is 4. The average Bonchev–Trinajstić information content (AvgIpc) is 3.26. The van der Waals surface area contributed by atoms with Crippen LogP contribution in [0.25, 0.3) is 5.00 Å². The molecule has 2 atom stereocenters. The highest BCUT2D eigenvalue weighted by atomic mass is 32.1. The van der Waals surface area contributed by atoms with Crippen LogP contribution in [0.4, 0.5) is 0 Å². The van der Waals surface area contributed by atoms with E-state index in [0.29, 0.717) is 12.7 Å². The molecule has 1 N–H and O–H groups in total. The Balaban J connectivity index is 1.58. The lowest BCUT2D eigenvalue weighted by molar-refractivity contribution is -0.941. The zero-order valence-electron chi connectivity index (χ0n) is 11.9. The van der Waals surface area contributed by atoms with Gasteiger partial charge in [-0.3, -0.25) is 0 Å². The first kappa shape index (κ1) is 13.9. The Morgan fingerprint density at radius 2 is 2.09 bits per heavy atom. The summed E-state index contributed by atoms with van der Waals surface area (Å²) in [5.41, 5.74) is -0.160. The molecule has 4 rings (SSSR count). The molecule has 0 aromatic carbocycles. The van der Waals surface area contributed by atoms with Crippen LogP contribution in [0.1, 0.15) is 23.8 Å². The zero-order valence-corrected chi connectivity index (χ0v) is 13.5. The molecule has 114 valence electrons. The lowest BCUT2D eigenvalue weighted by atomic mass is 10.2. The van der Waals surface area contributed by atoms with E-state index >= 15 is 0 Å². The van der Waals surface area contributed by atoms with Gasteiger partial charge in [0.05, 0.1) is 11.4 Å². The summed E-state index contributed by atoms with van der Waals surface area (Å²) in [6.07, 6.45) is 2.36. The molecule has 1 aliphatic heterocycles. The molecule has 0 bridgehead atoms. The third-order valence-corrected chi connectivity index (χ3v) is 5.91. The molecule has 0 amide bonds. The highest BCUT2D eigenvalue weighted by Gasteiger charge is 2.31. The first-order chi connectivity index (χ1) is 10.8. The van der Waals surface area contributed by atoms with Gasteiger partial charge in [0.25, 0.3) is 0 Å². The van der Waals surface area contributed by atoms with Crippen molar-refractivity contribution < 1.29 is 4.90 Å². The normalized spacial score (nSPS) is 21.5. The number of hydrogen-bond donors (Lipinski definition) is 1. The van der Waals surface area contributed by atoms with Gasteiger partial charge in [-0.1, -0.05) is 6.07 Å². The molecule has 0 radical (unpaired) electrons. The molecule has 1 fully saturated rings. The third kappa shape index (κ3) is 2.43. The standard InChI is InChI=1S/C14H15N5OS2/c20-14-18(15-16-19(14)13-6-3-9-22-13)10-17-7-1-4-11(17)12-5-2-8-21-12/h2-3,5-6,8-9,11H,1,4,7,10H2/p+1/t11-/m0/s1. The van der Waals surface area contributed by atoms with Crippen molar-refractivity contribution in [1.82, 2.24) is 19.8 Å². The Hall–Kier alpha value is -1.77. The van der Waals surface area contributed by atoms with Gasteiger partial charge in [-0.05, 0) is 39.4 Å². The molecule has 0 aliphatic carbocycles. The van der Waals surface area contributed by atoms with Gasteiger partial charge >= 0.3 is 5.69 Å². The van der Waals surface area contributed by atoms with Crippen LogP contribution in [0.3, 0.4) is 0 Å². The van der Waals surface area contributed by atoms with Crippen molar-refractivity contribution >= 4 is 22.7 Å². The predicted molar refractivity (Wildman–Crippen MR) is 85.6 cm³/mol. The monoisotopic (exact) mass is 334 g/mol. The number of thiophene rings is 2.